The van der Waals surface area contributed by atoms with Crippen molar-refractivity contribution in [3.63, 3.8) is 0 Å². The number of nitrogens with zero attached hydrogens (tertiary/aromatic N) is 3. The van der Waals surface area contributed by atoms with E-state index in [1.807, 2.05) is 0 Å². The predicted molar refractivity (Wildman–Crippen MR) is 112 cm³/mol. The molecule has 0 spiro atoms. The average molecular weight is 470 g/mol. The molecule has 0 unspecified atom stereocenters. The van der Waals surface area contributed by atoms with Crippen molar-refractivity contribution >= 4 is 39.1 Å². The van der Waals surface area contributed by atoms with E-state index < -0.39 is 33.6 Å². The second-order valence-corrected chi connectivity index (χ2v) is 9.66. The molecule has 2 aliphatic heterocycles. The van der Waals surface area contributed by atoms with Gasteiger partial charge in [0.1, 0.15) is 11.4 Å². The summed E-state index contributed by atoms with van der Waals surface area (Å²) in [5, 5.41) is 8.20. The van der Waals surface area contributed by atoms with Gasteiger partial charge in [-0.3, -0.25) is 4.79 Å². The van der Waals surface area contributed by atoms with Crippen LogP contribution in [0.25, 0.3) is 0 Å². The summed E-state index contributed by atoms with van der Waals surface area (Å²) in [4.78, 5) is 19.2. The number of carbonyl (C=O) groups is 1. The van der Waals surface area contributed by atoms with Crippen molar-refractivity contribution in [1.82, 2.24) is 14.3 Å². The summed E-state index contributed by atoms with van der Waals surface area (Å²) < 4.78 is 65.5. The van der Waals surface area contributed by atoms with Gasteiger partial charge >= 0.3 is 6.18 Å². The van der Waals surface area contributed by atoms with E-state index in [0.717, 1.165) is 11.8 Å². The second kappa shape index (κ2) is 8.20. The number of hydrogen-bond donors (Lipinski definition) is 3. The molecule has 3 N–H and O–H groups in total. The van der Waals surface area contributed by atoms with Crippen LogP contribution in [-0.4, -0.2) is 54.0 Å². The third-order valence-corrected chi connectivity index (χ3v) is 6.67. The number of rotatable bonds is 6. The number of anilines is 4. The molecule has 0 aliphatic carbocycles. The van der Waals surface area contributed by atoms with Crippen LogP contribution in [0.4, 0.5) is 36.3 Å². The minimum atomic E-state index is -4.69. The molecule has 1 amide bonds. The number of amides is 1. The first-order valence-electron chi connectivity index (χ1n) is 9.85. The van der Waals surface area contributed by atoms with Crippen molar-refractivity contribution in [3.8, 4) is 0 Å². The minimum Gasteiger partial charge on any atom is -0.368 e. The van der Waals surface area contributed by atoms with E-state index in [-0.39, 0.29) is 24.8 Å². The van der Waals surface area contributed by atoms with Crippen LogP contribution in [0.15, 0.2) is 24.4 Å². The smallest absolute Gasteiger partial charge is 0.368 e. The van der Waals surface area contributed by atoms with Crippen molar-refractivity contribution in [2.45, 2.75) is 31.5 Å². The van der Waals surface area contributed by atoms with Gasteiger partial charge in [0.25, 0.3) is 0 Å². The van der Waals surface area contributed by atoms with Gasteiger partial charge in [0, 0.05) is 36.7 Å². The lowest BCUT2D eigenvalue weighted by atomic mass is 10.1. The molecule has 0 radical (unpaired) electrons. The first-order valence-corrected chi connectivity index (χ1v) is 11.7. The summed E-state index contributed by atoms with van der Waals surface area (Å²) >= 11 is 0. The normalized spacial score (nSPS) is 19.0. The van der Waals surface area contributed by atoms with Gasteiger partial charge in [0.05, 0.1) is 12.7 Å². The summed E-state index contributed by atoms with van der Waals surface area (Å²) in [5.41, 5.74) is 0.888. The summed E-state index contributed by atoms with van der Waals surface area (Å²) in [5.74, 6) is -0.648. The van der Waals surface area contributed by atoms with Crippen LogP contribution in [0, 0.1) is 0 Å². The SMILES string of the molecule is CS(=O)(=O)N1CCC[C@@H]1CNc1nc(Nc2ccc3c(c2)NC(=O)C3)ncc1C(F)(F)F. The number of fused-ring (bicyclic) bond motifs is 1. The highest BCUT2D eigenvalue weighted by Crippen LogP contribution is 2.35. The van der Waals surface area contributed by atoms with Gasteiger partial charge in [-0.1, -0.05) is 6.07 Å². The van der Waals surface area contributed by atoms with Crippen LogP contribution in [-0.2, 0) is 27.4 Å². The van der Waals surface area contributed by atoms with Crippen LogP contribution in [0.3, 0.4) is 0 Å². The Hall–Kier alpha value is -2.93. The summed E-state index contributed by atoms with van der Waals surface area (Å²) in [6.07, 6.45) is -1.49. The quantitative estimate of drug-likeness (QED) is 0.594. The highest BCUT2D eigenvalue weighted by atomic mass is 32.2. The molecule has 32 heavy (non-hydrogen) atoms. The number of hydrogen-bond acceptors (Lipinski definition) is 7. The maximum Gasteiger partial charge on any atom is 0.421 e. The number of aromatic nitrogens is 2. The van der Waals surface area contributed by atoms with Crippen molar-refractivity contribution in [1.29, 1.82) is 0 Å². The summed E-state index contributed by atoms with van der Waals surface area (Å²) in [6, 6.07) is 4.60. The minimum absolute atomic E-state index is 0.0164. The molecule has 2 aliphatic rings. The summed E-state index contributed by atoms with van der Waals surface area (Å²) in [7, 11) is -3.46. The fourth-order valence-electron chi connectivity index (χ4n) is 3.87. The molecular formula is C19H21F3N6O3S. The number of nitrogens with one attached hydrogen (secondary N) is 3. The maximum absolute atomic E-state index is 13.5. The molecule has 1 saturated heterocycles. The lowest BCUT2D eigenvalue weighted by Gasteiger charge is -2.23. The van der Waals surface area contributed by atoms with E-state index in [4.69, 9.17) is 0 Å². The van der Waals surface area contributed by atoms with Gasteiger partial charge in [-0.15, -0.1) is 0 Å². The molecule has 172 valence electrons. The van der Waals surface area contributed by atoms with Crippen LogP contribution in [0.1, 0.15) is 24.0 Å². The number of halogens is 3. The van der Waals surface area contributed by atoms with E-state index >= 15 is 0 Å². The van der Waals surface area contributed by atoms with Gasteiger partial charge in [-0.25, -0.2) is 13.4 Å². The molecule has 13 heteroatoms. The zero-order valence-corrected chi connectivity index (χ0v) is 17.8. The van der Waals surface area contributed by atoms with Gasteiger partial charge in [-0.05, 0) is 30.5 Å². The third kappa shape index (κ3) is 4.78. The Bertz CT molecular complexity index is 1160. The molecule has 1 aromatic carbocycles. The largest absolute Gasteiger partial charge is 0.421 e. The third-order valence-electron chi connectivity index (χ3n) is 5.34. The van der Waals surface area contributed by atoms with Gasteiger partial charge in [0.2, 0.25) is 21.9 Å². The Balaban J connectivity index is 1.55. The molecule has 3 heterocycles. The molecular weight excluding hydrogens is 449 g/mol. The number of carbonyl (C=O) groups excluding carboxylic acids is 1. The maximum atomic E-state index is 13.5. The summed E-state index contributed by atoms with van der Waals surface area (Å²) in [6.45, 7) is 0.320. The van der Waals surface area contributed by atoms with E-state index in [0.29, 0.717) is 37.0 Å². The average Bonchev–Trinajstić information content (AvgIpc) is 3.30. The standard InChI is InChI=1S/C19H21F3N6O3S/c1-32(30,31)28-6-2-3-13(28)9-23-17-14(19(20,21)22)10-24-18(27-17)25-12-5-4-11-7-16(29)26-15(11)8-12/h4-5,8,10,13H,2-3,6-7,9H2,1H3,(H,26,29)(H2,23,24,25,27)/t13-/m1/s1. The lowest BCUT2D eigenvalue weighted by molar-refractivity contribution is -0.137. The number of sulfonamides is 1. The molecule has 0 bridgehead atoms. The van der Waals surface area contributed by atoms with E-state index in [1.165, 1.54) is 4.31 Å². The van der Waals surface area contributed by atoms with E-state index in [9.17, 15) is 26.4 Å². The molecule has 2 aromatic rings. The molecule has 1 aromatic heterocycles. The Morgan fingerprint density at radius 3 is 2.81 bits per heavy atom. The Morgan fingerprint density at radius 2 is 2.09 bits per heavy atom. The van der Waals surface area contributed by atoms with E-state index in [1.54, 1.807) is 18.2 Å². The zero-order chi connectivity index (χ0) is 23.1. The molecule has 0 saturated carbocycles. The first kappa shape index (κ1) is 22.3. The molecule has 4 rings (SSSR count). The van der Waals surface area contributed by atoms with Crippen molar-refractivity contribution in [2.24, 2.45) is 0 Å². The second-order valence-electron chi connectivity index (χ2n) is 7.73. The van der Waals surface area contributed by atoms with Crippen molar-refractivity contribution in [3.05, 3.63) is 35.5 Å². The van der Waals surface area contributed by atoms with Crippen LogP contribution >= 0.6 is 0 Å². The highest BCUT2D eigenvalue weighted by molar-refractivity contribution is 7.88. The zero-order valence-electron chi connectivity index (χ0n) is 17.0. The van der Waals surface area contributed by atoms with Crippen LogP contribution < -0.4 is 16.0 Å². The monoisotopic (exact) mass is 470 g/mol. The van der Waals surface area contributed by atoms with Gasteiger partial charge < -0.3 is 16.0 Å². The van der Waals surface area contributed by atoms with Crippen molar-refractivity contribution in [2.75, 3.05) is 35.3 Å². The first-order chi connectivity index (χ1) is 15.0. The van der Waals surface area contributed by atoms with Gasteiger partial charge in [-0.2, -0.15) is 22.5 Å². The Kier molecular flexibility index (Phi) is 5.71. The van der Waals surface area contributed by atoms with Gasteiger partial charge in [0.15, 0.2) is 0 Å². The fraction of sp³-hybridized carbons (Fsp3) is 0.421. The molecule has 1 fully saturated rings. The topological polar surface area (TPSA) is 116 Å². The predicted octanol–water partition coefficient (Wildman–Crippen LogP) is 2.57. The van der Waals surface area contributed by atoms with Crippen LogP contribution in [0.2, 0.25) is 0 Å². The Labute approximate surface area is 182 Å². The fourth-order valence-corrected chi connectivity index (χ4v) is 5.05. The van der Waals surface area contributed by atoms with E-state index in [2.05, 4.69) is 25.9 Å². The molecule has 1 atom stereocenters. The molecule has 9 nitrogen and oxygen atoms in total. The van der Waals surface area contributed by atoms with Crippen molar-refractivity contribution < 1.29 is 26.4 Å². The lowest BCUT2D eigenvalue weighted by Crippen LogP contribution is -2.39. The number of alkyl halides is 3. The Morgan fingerprint density at radius 1 is 1.31 bits per heavy atom. The highest BCUT2D eigenvalue weighted by Gasteiger charge is 2.36. The van der Waals surface area contributed by atoms with Crippen LogP contribution in [0.5, 0.6) is 0 Å². The number of benzene rings is 1.